The van der Waals surface area contributed by atoms with Crippen molar-refractivity contribution in [3.63, 3.8) is 0 Å². The van der Waals surface area contributed by atoms with Gasteiger partial charge in [-0.1, -0.05) is 32.4 Å². The monoisotopic (exact) mass is 303 g/mol. The Bertz CT molecular complexity index is 500. The van der Waals surface area contributed by atoms with Crippen LogP contribution in [-0.4, -0.2) is 23.6 Å². The molecule has 0 aromatic carbocycles. The molecule has 2 aliphatic rings. The minimum atomic E-state index is 0.196. The number of fused-ring (bicyclic) bond motifs is 1. The quantitative estimate of drug-likeness (QED) is 0.698. The molecule has 2 heteroatoms. The summed E-state index contributed by atoms with van der Waals surface area (Å²) in [6.45, 7) is 13.9. The molecule has 1 saturated carbocycles. The summed E-state index contributed by atoms with van der Waals surface area (Å²) in [6.07, 6.45) is 10.2. The van der Waals surface area contributed by atoms with Crippen molar-refractivity contribution >= 4 is 0 Å². The lowest BCUT2D eigenvalue weighted by Gasteiger charge is -2.56. The zero-order valence-electron chi connectivity index (χ0n) is 15.1. The van der Waals surface area contributed by atoms with Gasteiger partial charge in [-0.25, -0.2) is 0 Å². The number of aliphatic hydroxyl groups is 1. The number of allylic oxidation sites excluding steroid dienone is 4. The van der Waals surface area contributed by atoms with E-state index in [4.69, 9.17) is 0 Å². The normalized spacial score (nSPS) is 36.0. The molecule has 2 aliphatic carbocycles. The lowest BCUT2D eigenvalue weighted by molar-refractivity contribution is -0.0114. The smallest absolute Gasteiger partial charge is 0.0894 e. The van der Waals surface area contributed by atoms with Crippen LogP contribution in [0.2, 0.25) is 0 Å². The van der Waals surface area contributed by atoms with E-state index in [9.17, 15) is 5.11 Å². The highest BCUT2D eigenvalue weighted by molar-refractivity contribution is 5.36. The van der Waals surface area contributed by atoms with Gasteiger partial charge in [-0.2, -0.15) is 0 Å². The van der Waals surface area contributed by atoms with Crippen LogP contribution in [-0.2, 0) is 0 Å². The van der Waals surface area contributed by atoms with Gasteiger partial charge in [0.1, 0.15) is 0 Å². The van der Waals surface area contributed by atoms with E-state index in [0.29, 0.717) is 17.1 Å². The van der Waals surface area contributed by atoms with Crippen molar-refractivity contribution in [2.75, 3.05) is 13.6 Å². The zero-order valence-corrected chi connectivity index (χ0v) is 15.1. The summed E-state index contributed by atoms with van der Waals surface area (Å²) in [7, 11) is 2.13. The number of aliphatic hydroxyl groups excluding tert-OH is 1. The highest BCUT2D eigenvalue weighted by Gasteiger charge is 2.51. The van der Waals surface area contributed by atoms with Crippen LogP contribution in [0.25, 0.3) is 0 Å². The van der Waals surface area contributed by atoms with E-state index in [1.165, 1.54) is 36.8 Å². The Morgan fingerprint density at radius 2 is 2.09 bits per heavy atom. The first-order valence-electron chi connectivity index (χ1n) is 8.63. The Labute approximate surface area is 136 Å². The fourth-order valence-corrected chi connectivity index (χ4v) is 5.27. The predicted molar refractivity (Wildman–Crippen MR) is 94.7 cm³/mol. The molecule has 0 aliphatic heterocycles. The molecule has 0 aromatic rings. The minimum absolute atomic E-state index is 0.196. The molecule has 0 amide bonds. The van der Waals surface area contributed by atoms with Crippen LogP contribution < -0.4 is 0 Å². The van der Waals surface area contributed by atoms with Crippen molar-refractivity contribution in [3.8, 4) is 0 Å². The third-order valence-corrected chi connectivity index (χ3v) is 6.21. The van der Waals surface area contributed by atoms with Crippen molar-refractivity contribution < 1.29 is 5.11 Å². The first-order valence-corrected chi connectivity index (χ1v) is 8.63. The fraction of sp³-hybridized carbons (Fsp3) is 0.700. The molecule has 3 atom stereocenters. The van der Waals surface area contributed by atoms with E-state index in [1.807, 2.05) is 12.3 Å². The lowest BCUT2D eigenvalue weighted by atomic mass is 9.49. The molecule has 2 rings (SSSR count). The van der Waals surface area contributed by atoms with E-state index < -0.39 is 0 Å². The average Bonchev–Trinajstić information content (AvgIpc) is 2.42. The standard InChI is InChI=1S/C20H33NO/c1-7-21(6)14-19(4)11-8-12-20(5)17(13-16(3)22)15(2)9-10-18(19)20/h7,13,18,22H,1,8-12,14H2,2-6H3/b16-13+/t18?,19-,20?/m1/s1. The molecule has 0 bridgehead atoms. The Morgan fingerprint density at radius 3 is 2.68 bits per heavy atom. The molecule has 2 unspecified atom stereocenters. The molecule has 22 heavy (non-hydrogen) atoms. The van der Waals surface area contributed by atoms with Crippen LogP contribution in [0, 0.1) is 16.7 Å². The second-order valence-electron chi connectivity index (χ2n) is 8.09. The van der Waals surface area contributed by atoms with E-state index in [2.05, 4.69) is 39.3 Å². The summed E-state index contributed by atoms with van der Waals surface area (Å²) in [5.74, 6) is 1.11. The van der Waals surface area contributed by atoms with E-state index in [-0.39, 0.29) is 5.41 Å². The molecule has 0 heterocycles. The fourth-order valence-electron chi connectivity index (χ4n) is 5.27. The summed E-state index contributed by atoms with van der Waals surface area (Å²) in [4.78, 5) is 2.24. The molecule has 2 nitrogen and oxygen atoms in total. The third kappa shape index (κ3) is 2.98. The van der Waals surface area contributed by atoms with E-state index in [0.717, 1.165) is 13.0 Å². The van der Waals surface area contributed by atoms with Gasteiger partial charge < -0.3 is 10.0 Å². The average molecular weight is 303 g/mol. The molecule has 124 valence electrons. The van der Waals surface area contributed by atoms with Crippen LogP contribution in [0.15, 0.2) is 35.8 Å². The second-order valence-corrected chi connectivity index (χ2v) is 8.09. The summed E-state index contributed by atoms with van der Waals surface area (Å²) >= 11 is 0. The predicted octanol–water partition coefficient (Wildman–Crippen LogP) is 5.45. The highest BCUT2D eigenvalue weighted by atomic mass is 16.3. The van der Waals surface area contributed by atoms with Gasteiger partial charge in [0.2, 0.25) is 0 Å². The summed E-state index contributed by atoms with van der Waals surface area (Å²) in [6, 6.07) is 0. The highest BCUT2D eigenvalue weighted by Crippen LogP contribution is 2.60. The van der Waals surface area contributed by atoms with Gasteiger partial charge in [0.05, 0.1) is 5.76 Å². The van der Waals surface area contributed by atoms with Crippen molar-refractivity contribution in [1.82, 2.24) is 4.90 Å². The Kier molecular flexibility index (Phi) is 4.79. The molecule has 1 fully saturated rings. The van der Waals surface area contributed by atoms with Gasteiger partial charge in [-0.05, 0) is 74.1 Å². The van der Waals surface area contributed by atoms with Crippen LogP contribution in [0.1, 0.15) is 59.8 Å². The van der Waals surface area contributed by atoms with Crippen LogP contribution >= 0.6 is 0 Å². The molecular weight excluding hydrogens is 270 g/mol. The molecule has 0 saturated heterocycles. The van der Waals surface area contributed by atoms with Crippen molar-refractivity contribution in [2.24, 2.45) is 16.7 Å². The lowest BCUT2D eigenvalue weighted by Crippen LogP contribution is -2.50. The van der Waals surface area contributed by atoms with Crippen LogP contribution in [0.3, 0.4) is 0 Å². The van der Waals surface area contributed by atoms with Crippen LogP contribution in [0.5, 0.6) is 0 Å². The summed E-state index contributed by atoms with van der Waals surface area (Å²) in [5.41, 5.74) is 3.38. The molecule has 1 N–H and O–H groups in total. The number of rotatable bonds is 4. The minimum Gasteiger partial charge on any atom is -0.513 e. The first-order chi connectivity index (χ1) is 10.2. The Balaban J connectivity index is 2.42. The topological polar surface area (TPSA) is 23.5 Å². The summed E-state index contributed by atoms with van der Waals surface area (Å²) < 4.78 is 0. The van der Waals surface area contributed by atoms with Gasteiger partial charge in [-0.3, -0.25) is 0 Å². The first kappa shape index (κ1) is 17.2. The van der Waals surface area contributed by atoms with Gasteiger partial charge >= 0.3 is 0 Å². The van der Waals surface area contributed by atoms with Crippen molar-refractivity contribution in [1.29, 1.82) is 0 Å². The Hall–Kier alpha value is -1.18. The van der Waals surface area contributed by atoms with Crippen LogP contribution in [0.4, 0.5) is 0 Å². The maximum absolute atomic E-state index is 9.85. The maximum Gasteiger partial charge on any atom is 0.0894 e. The molecule has 0 aromatic heterocycles. The number of nitrogens with zero attached hydrogens (tertiary/aromatic N) is 1. The van der Waals surface area contributed by atoms with E-state index >= 15 is 0 Å². The zero-order chi connectivity index (χ0) is 16.5. The van der Waals surface area contributed by atoms with Gasteiger partial charge in [0.15, 0.2) is 0 Å². The largest absolute Gasteiger partial charge is 0.513 e. The second kappa shape index (κ2) is 6.14. The molecule has 0 spiro atoms. The Morgan fingerprint density at radius 1 is 1.41 bits per heavy atom. The SMILES string of the molecule is C=CN(C)C[C@@]1(C)CCCC2(C)C(/C=C(\C)O)=C(C)CCC21. The van der Waals surface area contributed by atoms with Crippen molar-refractivity contribution in [2.45, 2.75) is 59.8 Å². The maximum atomic E-state index is 9.85. The third-order valence-electron chi connectivity index (χ3n) is 6.21. The molecular formula is C20H33NO. The molecule has 0 radical (unpaired) electrons. The van der Waals surface area contributed by atoms with Gasteiger partial charge in [0.25, 0.3) is 0 Å². The number of hydrogen-bond donors (Lipinski definition) is 1. The van der Waals surface area contributed by atoms with E-state index in [1.54, 1.807) is 6.92 Å². The van der Waals surface area contributed by atoms with Crippen molar-refractivity contribution in [3.05, 3.63) is 35.8 Å². The van der Waals surface area contributed by atoms with Gasteiger partial charge in [-0.15, -0.1) is 0 Å². The number of hydrogen-bond acceptors (Lipinski definition) is 2. The summed E-state index contributed by atoms with van der Waals surface area (Å²) in [5, 5.41) is 9.85. The van der Waals surface area contributed by atoms with Gasteiger partial charge in [0, 0.05) is 13.6 Å².